The SMILES string of the molecule is CN(C)C(=O)Oc1ccc(C[C@H](Nc2c[nH]c(C3CCCCC3)n2)C(=O)O)cc1. The average Bonchev–Trinajstić information content (AvgIpc) is 3.18. The number of H-pyrrole nitrogens is 1. The predicted octanol–water partition coefficient (Wildman–Crippen LogP) is 3.63. The molecule has 1 atom stereocenters. The smallest absolute Gasteiger partial charge is 0.414 e. The third kappa shape index (κ3) is 5.73. The minimum absolute atomic E-state index is 0.281. The number of hydrogen-bond acceptors (Lipinski definition) is 5. The second-order valence-corrected chi connectivity index (χ2v) is 7.65. The number of nitrogens with zero attached hydrogens (tertiary/aromatic N) is 2. The van der Waals surface area contributed by atoms with E-state index in [9.17, 15) is 14.7 Å². The van der Waals surface area contributed by atoms with Crippen LogP contribution in [0.1, 0.15) is 49.4 Å². The highest BCUT2D eigenvalue weighted by Crippen LogP contribution is 2.31. The topological polar surface area (TPSA) is 108 Å². The molecular weight excluding hydrogens is 372 g/mol. The standard InChI is InChI=1S/C21H28N4O4/c1-25(2)21(28)29-16-10-8-14(9-11-16)12-17(20(26)27)23-18-13-22-19(24-18)15-6-4-3-5-7-15/h8-11,13,15,17,23H,3-7,12H2,1-2H3,(H,22,24)(H,26,27)/t17-/m0/s1. The summed E-state index contributed by atoms with van der Waals surface area (Å²) in [7, 11) is 3.21. The second kappa shape index (κ2) is 9.45. The van der Waals surface area contributed by atoms with Crippen LogP contribution in [-0.4, -0.2) is 52.2 Å². The van der Waals surface area contributed by atoms with E-state index in [1.807, 2.05) is 0 Å². The van der Waals surface area contributed by atoms with Crippen LogP contribution >= 0.6 is 0 Å². The first-order valence-electron chi connectivity index (χ1n) is 9.95. The number of carboxylic acids is 1. The zero-order valence-electron chi connectivity index (χ0n) is 16.9. The van der Waals surface area contributed by atoms with E-state index in [0.29, 0.717) is 17.5 Å². The number of benzene rings is 1. The number of carbonyl (C=O) groups excluding carboxylic acids is 1. The Bertz CT molecular complexity index is 825. The van der Waals surface area contributed by atoms with Crippen molar-refractivity contribution in [1.29, 1.82) is 0 Å². The Morgan fingerprint density at radius 3 is 2.55 bits per heavy atom. The van der Waals surface area contributed by atoms with Gasteiger partial charge in [-0.25, -0.2) is 14.6 Å². The van der Waals surface area contributed by atoms with Crippen molar-refractivity contribution in [2.45, 2.75) is 50.5 Å². The Morgan fingerprint density at radius 1 is 1.24 bits per heavy atom. The van der Waals surface area contributed by atoms with E-state index in [-0.39, 0.29) is 6.42 Å². The van der Waals surface area contributed by atoms with Gasteiger partial charge in [-0.1, -0.05) is 31.4 Å². The monoisotopic (exact) mass is 400 g/mol. The van der Waals surface area contributed by atoms with Gasteiger partial charge in [0.05, 0.1) is 0 Å². The molecule has 0 spiro atoms. The maximum atomic E-state index is 11.7. The summed E-state index contributed by atoms with van der Waals surface area (Å²) < 4.78 is 5.18. The van der Waals surface area contributed by atoms with Crippen molar-refractivity contribution < 1.29 is 19.4 Å². The quantitative estimate of drug-likeness (QED) is 0.655. The van der Waals surface area contributed by atoms with Gasteiger partial charge >= 0.3 is 12.1 Å². The summed E-state index contributed by atoms with van der Waals surface area (Å²) in [5.41, 5.74) is 0.817. The number of imidazole rings is 1. The molecule has 2 aromatic rings. The van der Waals surface area contributed by atoms with Crippen molar-refractivity contribution in [1.82, 2.24) is 14.9 Å². The van der Waals surface area contributed by atoms with Gasteiger partial charge in [-0.15, -0.1) is 0 Å². The lowest BCUT2D eigenvalue weighted by atomic mass is 9.89. The number of rotatable bonds is 7. The zero-order chi connectivity index (χ0) is 20.8. The van der Waals surface area contributed by atoms with E-state index in [1.54, 1.807) is 44.6 Å². The van der Waals surface area contributed by atoms with Gasteiger partial charge in [0.1, 0.15) is 23.4 Å². The van der Waals surface area contributed by atoms with Gasteiger partial charge in [-0.3, -0.25) is 0 Å². The lowest BCUT2D eigenvalue weighted by molar-refractivity contribution is -0.137. The van der Waals surface area contributed by atoms with Crippen LogP contribution in [0.4, 0.5) is 10.6 Å². The fourth-order valence-electron chi connectivity index (χ4n) is 3.50. The second-order valence-electron chi connectivity index (χ2n) is 7.65. The fourth-order valence-corrected chi connectivity index (χ4v) is 3.50. The van der Waals surface area contributed by atoms with Crippen molar-refractivity contribution >= 4 is 17.9 Å². The van der Waals surface area contributed by atoms with Crippen LogP contribution in [0.15, 0.2) is 30.5 Å². The molecule has 3 N–H and O–H groups in total. The Hall–Kier alpha value is -3.03. The summed E-state index contributed by atoms with van der Waals surface area (Å²) in [6.45, 7) is 0. The predicted molar refractivity (Wildman–Crippen MR) is 109 cm³/mol. The lowest BCUT2D eigenvalue weighted by Gasteiger charge is -2.19. The largest absolute Gasteiger partial charge is 0.480 e. The van der Waals surface area contributed by atoms with E-state index in [1.165, 1.54) is 24.2 Å². The van der Waals surface area contributed by atoms with E-state index >= 15 is 0 Å². The number of carbonyl (C=O) groups is 2. The Kier molecular flexibility index (Phi) is 6.74. The van der Waals surface area contributed by atoms with Crippen molar-refractivity contribution in [3.05, 3.63) is 41.9 Å². The van der Waals surface area contributed by atoms with Crippen molar-refractivity contribution in [2.24, 2.45) is 0 Å². The van der Waals surface area contributed by atoms with Crippen LogP contribution in [0.2, 0.25) is 0 Å². The van der Waals surface area contributed by atoms with E-state index in [4.69, 9.17) is 4.74 Å². The molecule has 0 unspecified atom stereocenters. The summed E-state index contributed by atoms with van der Waals surface area (Å²) in [5, 5.41) is 12.6. The molecule has 1 heterocycles. The van der Waals surface area contributed by atoms with Gasteiger partial charge in [0, 0.05) is 32.6 Å². The van der Waals surface area contributed by atoms with Crippen LogP contribution in [0.25, 0.3) is 0 Å². The molecule has 1 fully saturated rings. The molecule has 29 heavy (non-hydrogen) atoms. The number of amides is 1. The molecule has 1 saturated carbocycles. The molecule has 0 saturated heterocycles. The molecular formula is C21H28N4O4. The molecule has 1 aliphatic rings. The number of aliphatic carboxylic acids is 1. The lowest BCUT2D eigenvalue weighted by Crippen LogP contribution is -2.31. The minimum Gasteiger partial charge on any atom is -0.480 e. The van der Waals surface area contributed by atoms with Crippen LogP contribution in [-0.2, 0) is 11.2 Å². The maximum absolute atomic E-state index is 11.7. The highest BCUT2D eigenvalue weighted by molar-refractivity contribution is 5.77. The molecule has 8 nitrogen and oxygen atoms in total. The number of aromatic amines is 1. The van der Waals surface area contributed by atoms with Crippen molar-refractivity contribution in [2.75, 3.05) is 19.4 Å². The molecule has 0 aliphatic heterocycles. The van der Waals surface area contributed by atoms with Crippen LogP contribution in [0.3, 0.4) is 0 Å². The molecule has 1 aromatic heterocycles. The van der Waals surface area contributed by atoms with Gasteiger partial charge in [0.25, 0.3) is 0 Å². The molecule has 3 rings (SSSR count). The first-order valence-corrected chi connectivity index (χ1v) is 9.95. The summed E-state index contributed by atoms with van der Waals surface area (Å²) in [4.78, 5) is 32.4. The zero-order valence-corrected chi connectivity index (χ0v) is 16.9. The molecule has 1 aliphatic carbocycles. The molecule has 1 aromatic carbocycles. The van der Waals surface area contributed by atoms with E-state index in [2.05, 4.69) is 15.3 Å². The summed E-state index contributed by atoms with van der Waals surface area (Å²) in [6, 6.07) is 6.02. The molecule has 1 amide bonds. The first kappa shape index (κ1) is 20.7. The first-order chi connectivity index (χ1) is 13.9. The Morgan fingerprint density at radius 2 is 1.93 bits per heavy atom. The average molecular weight is 400 g/mol. The van der Waals surface area contributed by atoms with E-state index in [0.717, 1.165) is 24.2 Å². The third-order valence-electron chi connectivity index (χ3n) is 5.14. The van der Waals surface area contributed by atoms with Gasteiger partial charge in [-0.2, -0.15) is 0 Å². The highest BCUT2D eigenvalue weighted by Gasteiger charge is 2.22. The van der Waals surface area contributed by atoms with Crippen LogP contribution in [0, 0.1) is 0 Å². The molecule has 156 valence electrons. The molecule has 0 radical (unpaired) electrons. The van der Waals surface area contributed by atoms with Gasteiger partial charge < -0.3 is 25.0 Å². The molecule has 8 heteroatoms. The van der Waals surface area contributed by atoms with Gasteiger partial charge in [0.15, 0.2) is 0 Å². The van der Waals surface area contributed by atoms with Crippen molar-refractivity contribution in [3.8, 4) is 5.75 Å². The van der Waals surface area contributed by atoms with Crippen LogP contribution in [0.5, 0.6) is 5.75 Å². The third-order valence-corrected chi connectivity index (χ3v) is 5.14. The number of nitrogens with one attached hydrogen (secondary N) is 2. The number of aromatic nitrogens is 2. The minimum atomic E-state index is -0.949. The Labute approximate surface area is 170 Å². The fraction of sp³-hybridized carbons (Fsp3) is 0.476. The summed E-state index contributed by atoms with van der Waals surface area (Å²) in [6.07, 6.45) is 7.51. The normalized spacial score (nSPS) is 15.5. The van der Waals surface area contributed by atoms with Gasteiger partial charge in [0.2, 0.25) is 0 Å². The van der Waals surface area contributed by atoms with E-state index < -0.39 is 18.1 Å². The summed E-state index contributed by atoms with van der Waals surface area (Å²) in [5.74, 6) is 1.38. The Balaban J connectivity index is 1.61. The number of hydrogen-bond donors (Lipinski definition) is 3. The van der Waals surface area contributed by atoms with Crippen molar-refractivity contribution in [3.63, 3.8) is 0 Å². The number of anilines is 1. The summed E-state index contributed by atoms with van der Waals surface area (Å²) >= 11 is 0. The van der Waals surface area contributed by atoms with Gasteiger partial charge in [-0.05, 0) is 30.5 Å². The molecule has 0 bridgehead atoms. The number of ether oxygens (including phenoxy) is 1. The number of carboxylic acid groups (broad SMARTS) is 1. The highest BCUT2D eigenvalue weighted by atomic mass is 16.6. The maximum Gasteiger partial charge on any atom is 0.414 e. The van der Waals surface area contributed by atoms with Crippen LogP contribution < -0.4 is 10.1 Å².